The molecule has 0 aliphatic heterocycles. The molecule has 1 rings (SSSR count). The molecule has 0 aromatic carbocycles. The molecule has 6 nitrogen and oxygen atoms in total. The van der Waals surface area contributed by atoms with Gasteiger partial charge in [-0.15, -0.1) is 4.83 Å². The molecule has 84 valence electrons. The summed E-state index contributed by atoms with van der Waals surface area (Å²) in [6.45, 7) is 0. The van der Waals surface area contributed by atoms with E-state index in [1.54, 1.807) is 18.3 Å². The zero-order chi connectivity index (χ0) is 10.6. The molecule has 0 saturated carbocycles. The van der Waals surface area contributed by atoms with Gasteiger partial charge >= 0.3 is 0 Å². The van der Waals surface area contributed by atoms with Crippen LogP contribution in [0.1, 0.15) is 10.4 Å². The van der Waals surface area contributed by atoms with Crippen LogP contribution >= 0.6 is 0 Å². The van der Waals surface area contributed by atoms with Gasteiger partial charge in [-0.3, -0.25) is 10.2 Å². The van der Waals surface area contributed by atoms with Gasteiger partial charge in [-0.2, -0.15) is 0 Å². The number of carbonyl (C=O) groups excluding carboxylic acids is 1. The Morgan fingerprint density at radius 3 is 2.60 bits per heavy atom. The highest BCUT2D eigenvalue weighted by atomic mass is 35.5. The van der Waals surface area contributed by atoms with Crippen molar-refractivity contribution in [1.29, 1.82) is 0 Å². The molecular weight excluding hydrogens is 242 g/mol. The quantitative estimate of drug-likeness (QED) is 0.533. The van der Waals surface area contributed by atoms with E-state index in [0.717, 1.165) is 6.26 Å². The predicted molar refractivity (Wildman–Crippen MR) is 48.4 cm³/mol. The van der Waals surface area contributed by atoms with Gasteiger partial charge in [0.25, 0.3) is 5.91 Å². The fraction of sp³-hybridized carbons (Fsp3) is 0.143. The average Bonchev–Trinajstić information content (AvgIpc) is 2.14. The van der Waals surface area contributed by atoms with Crippen LogP contribution in [0.2, 0.25) is 0 Å². The number of sulfonamides is 1. The van der Waals surface area contributed by atoms with Crippen molar-refractivity contribution in [3.05, 3.63) is 30.1 Å². The van der Waals surface area contributed by atoms with E-state index in [0.29, 0.717) is 5.56 Å². The van der Waals surface area contributed by atoms with E-state index in [1.165, 1.54) is 6.20 Å². The lowest BCUT2D eigenvalue weighted by Crippen LogP contribution is -3.00. The Morgan fingerprint density at radius 1 is 1.47 bits per heavy atom. The van der Waals surface area contributed by atoms with Crippen molar-refractivity contribution in [2.75, 3.05) is 6.26 Å². The third kappa shape index (κ3) is 5.31. The van der Waals surface area contributed by atoms with E-state index in [4.69, 9.17) is 0 Å². The van der Waals surface area contributed by atoms with E-state index in [9.17, 15) is 13.2 Å². The Hall–Kier alpha value is -1.18. The molecule has 1 amide bonds. The topological polar surface area (TPSA) is 89.4 Å². The van der Waals surface area contributed by atoms with Crippen LogP contribution in [0.25, 0.3) is 0 Å². The fourth-order valence-electron chi connectivity index (χ4n) is 0.746. The van der Waals surface area contributed by atoms with Crippen LogP contribution in [0.3, 0.4) is 0 Å². The van der Waals surface area contributed by atoms with E-state index in [2.05, 4.69) is 4.98 Å². The molecule has 8 heteroatoms. The maximum atomic E-state index is 11.2. The molecule has 0 aliphatic carbocycles. The number of rotatable bonds is 3. The standard InChI is InChI=1S/C7H9N3O3S.ClH/c1-14(12,13)10-9-7(11)6-3-2-4-8-5-6;/h2-5,10H,1H3,(H,9,11);1H. The van der Waals surface area contributed by atoms with Crippen LogP contribution in [0.5, 0.6) is 0 Å². The number of hydrogen-bond donors (Lipinski definition) is 2. The normalized spacial score (nSPS) is 10.2. The first kappa shape index (κ1) is 13.8. The van der Waals surface area contributed by atoms with Gasteiger partial charge in [-0.25, -0.2) is 13.4 Å². The van der Waals surface area contributed by atoms with Crippen LogP contribution in [0.15, 0.2) is 24.5 Å². The highest BCUT2D eigenvalue weighted by molar-refractivity contribution is 7.88. The van der Waals surface area contributed by atoms with Crippen molar-refractivity contribution in [2.45, 2.75) is 0 Å². The van der Waals surface area contributed by atoms with Crippen LogP contribution in [0.4, 0.5) is 0 Å². The summed E-state index contributed by atoms with van der Waals surface area (Å²) < 4.78 is 21.3. The number of carbonyl (C=O) groups is 1. The largest absolute Gasteiger partial charge is 1.00 e. The molecule has 0 saturated heterocycles. The number of aromatic nitrogens is 1. The van der Waals surface area contributed by atoms with Gasteiger partial charge in [0, 0.05) is 6.07 Å². The number of hydrazine groups is 1. The molecule has 1 aromatic heterocycles. The van der Waals surface area contributed by atoms with E-state index in [1.807, 2.05) is 10.3 Å². The van der Waals surface area contributed by atoms with Crippen LogP contribution < -0.4 is 27.6 Å². The Bertz CT molecular complexity index is 420. The van der Waals surface area contributed by atoms with Crippen molar-refractivity contribution < 1.29 is 30.6 Å². The smallest absolute Gasteiger partial charge is 0.272 e. The predicted octanol–water partition coefficient (Wildman–Crippen LogP) is -4.30. The lowest BCUT2D eigenvalue weighted by Gasteiger charge is -2.02. The maximum Gasteiger partial charge on any atom is 0.272 e. The lowest BCUT2D eigenvalue weighted by molar-refractivity contribution is -0.378. The first-order chi connectivity index (χ1) is 6.49. The van der Waals surface area contributed by atoms with Gasteiger partial charge in [-0.05, 0) is 6.07 Å². The minimum Gasteiger partial charge on any atom is -1.00 e. The minimum absolute atomic E-state index is 0. The second-order valence-electron chi connectivity index (χ2n) is 2.62. The third-order valence-electron chi connectivity index (χ3n) is 1.32. The summed E-state index contributed by atoms with van der Waals surface area (Å²) in [6.07, 6.45) is 4.05. The van der Waals surface area contributed by atoms with E-state index < -0.39 is 15.9 Å². The number of aromatic amines is 1. The molecule has 0 bridgehead atoms. The summed E-state index contributed by atoms with van der Waals surface area (Å²) in [4.78, 5) is 15.8. The third-order valence-corrected chi connectivity index (χ3v) is 1.79. The number of pyridine rings is 1. The van der Waals surface area contributed by atoms with E-state index >= 15 is 0 Å². The number of halogens is 1. The monoisotopic (exact) mass is 251 g/mol. The molecule has 0 atom stereocenters. The number of H-pyrrole nitrogens is 1. The van der Waals surface area contributed by atoms with Crippen molar-refractivity contribution >= 4 is 15.9 Å². The SMILES string of the molecule is CS(=O)(=O)NNC(=O)c1ccc[nH+]c1.[Cl-]. The molecule has 0 aliphatic rings. The van der Waals surface area contributed by atoms with Gasteiger partial charge in [0.2, 0.25) is 10.0 Å². The molecule has 0 radical (unpaired) electrons. The number of hydrogen-bond acceptors (Lipinski definition) is 3. The van der Waals surface area contributed by atoms with Crippen molar-refractivity contribution in [3.8, 4) is 0 Å². The summed E-state index contributed by atoms with van der Waals surface area (Å²) in [5.74, 6) is -0.521. The Balaban J connectivity index is 0.00000196. The number of amides is 1. The molecule has 0 spiro atoms. The molecular formula is C7H10ClN3O3S. The second kappa shape index (κ2) is 5.64. The van der Waals surface area contributed by atoms with Gasteiger partial charge in [0.1, 0.15) is 5.56 Å². The van der Waals surface area contributed by atoms with Gasteiger partial charge in [0.05, 0.1) is 6.26 Å². The summed E-state index contributed by atoms with van der Waals surface area (Å²) in [6, 6.07) is 3.19. The average molecular weight is 252 g/mol. The highest BCUT2D eigenvalue weighted by Gasteiger charge is 2.08. The number of nitrogens with one attached hydrogen (secondary N) is 3. The van der Waals surface area contributed by atoms with Crippen LogP contribution in [-0.2, 0) is 10.0 Å². The van der Waals surface area contributed by atoms with E-state index in [-0.39, 0.29) is 12.4 Å². The molecule has 1 aromatic rings. The Labute approximate surface area is 93.5 Å². The zero-order valence-corrected chi connectivity index (χ0v) is 9.39. The first-order valence-corrected chi connectivity index (χ1v) is 5.61. The first-order valence-electron chi connectivity index (χ1n) is 3.72. The molecule has 15 heavy (non-hydrogen) atoms. The molecule has 0 fully saturated rings. The van der Waals surface area contributed by atoms with Crippen molar-refractivity contribution in [3.63, 3.8) is 0 Å². The molecule has 1 heterocycles. The maximum absolute atomic E-state index is 11.2. The molecule has 3 N–H and O–H groups in total. The van der Waals surface area contributed by atoms with Crippen LogP contribution in [-0.4, -0.2) is 20.6 Å². The van der Waals surface area contributed by atoms with Gasteiger partial charge in [0.15, 0.2) is 12.4 Å². The Kier molecular flexibility index (Phi) is 5.20. The summed E-state index contributed by atoms with van der Waals surface area (Å²) in [7, 11) is -3.42. The molecule has 0 unspecified atom stereocenters. The highest BCUT2D eigenvalue weighted by Crippen LogP contribution is 1.91. The summed E-state index contributed by atoms with van der Waals surface area (Å²) in [5.41, 5.74) is 2.38. The van der Waals surface area contributed by atoms with Gasteiger partial charge < -0.3 is 12.4 Å². The van der Waals surface area contributed by atoms with Crippen molar-refractivity contribution in [2.24, 2.45) is 0 Å². The summed E-state index contributed by atoms with van der Waals surface area (Å²) >= 11 is 0. The lowest BCUT2D eigenvalue weighted by atomic mass is 10.3. The second-order valence-corrected chi connectivity index (χ2v) is 4.37. The summed E-state index contributed by atoms with van der Waals surface area (Å²) in [5, 5.41) is 0. The Morgan fingerprint density at radius 2 is 2.13 bits per heavy atom. The zero-order valence-electron chi connectivity index (χ0n) is 7.82. The van der Waals surface area contributed by atoms with Crippen LogP contribution in [0, 0.1) is 0 Å². The van der Waals surface area contributed by atoms with Gasteiger partial charge in [-0.1, -0.05) is 0 Å². The van der Waals surface area contributed by atoms with Crippen molar-refractivity contribution in [1.82, 2.24) is 10.3 Å². The fourth-order valence-corrected chi connectivity index (χ4v) is 1.02. The minimum atomic E-state index is -3.42.